The van der Waals surface area contributed by atoms with E-state index >= 15 is 0 Å². The Bertz CT molecular complexity index is 5400. The van der Waals surface area contributed by atoms with Gasteiger partial charge >= 0.3 is 0 Å². The van der Waals surface area contributed by atoms with Gasteiger partial charge in [0.25, 0.3) is 16.7 Å². The Labute approximate surface area is 533 Å². The van der Waals surface area contributed by atoms with Gasteiger partial charge in [0, 0.05) is 76.9 Å². The van der Waals surface area contributed by atoms with Crippen LogP contribution in [0.1, 0.15) is 27.8 Å². The largest absolute Gasteiger partial charge is 0.508 e. The van der Waals surface area contributed by atoms with Gasteiger partial charge in [-0.2, -0.15) is 30.7 Å². The van der Waals surface area contributed by atoms with Gasteiger partial charge in [0.2, 0.25) is 5.82 Å². The van der Waals surface area contributed by atoms with Crippen molar-refractivity contribution in [1.82, 2.24) is 49.3 Å². The molecule has 0 aliphatic heterocycles. The SMILES string of the molecule is N#Cc1cc(F)cc(F)c1.N#Cc1cc(F)cc(Oc2ccc3c(c2)c(=O)ncn3Cc2c(F)cc(F)cc2F)c1.O=c1ncn(Cc2c(F)cc(F)cc2F)c2ccc(O)cc12.O=c1ncn(Cc2c(F)cc(F)cc2F)c2ccc(Oc3cc(F)cc(-c4nn[nH]n4)c3)cc12. The first-order valence-electron chi connectivity index (χ1n) is 27.4. The average molecular weight is 1340 g/mol. The Morgan fingerprint density at radius 1 is 0.402 bits per heavy atom. The molecule has 4 heterocycles. The number of fused-ring (bicyclic) bond motifs is 3. The molecule has 9 aromatic carbocycles. The molecule has 97 heavy (non-hydrogen) atoms. The standard InChI is InChI=1S/C22H12F4N6O2.C22H11F4N3O2.C15H9F3N2O2.C7H3F2N/c23-12-3-11(21-28-30-31-29-21)4-15(5-12)34-14-1-2-20-16(8-14)22(33)27-10-32(20)9-17-18(25)6-13(24)7-19(17)26;23-13-3-12(9-27)4-16(5-13)31-15-1-2-21-17(8-15)22(30)28-11-29(21)10-18-19(25)6-14(24)7-20(18)26;16-8-3-12(17)11(13(18)4-8)6-20-7-19-15(22)10-5-9(21)1-2-14(10)20;8-6-1-5(4-10)2-7(9)3-6/h1-8,10H,9H2,(H,28,29,30,31);1-8,11H,10H2;1-5,7,21H,6H2;1-3H. The molecule has 4 aromatic heterocycles. The second-order valence-electron chi connectivity index (χ2n) is 20.3. The average Bonchev–Trinajstić information content (AvgIpc) is 1.53. The number of aromatic amines is 1. The zero-order valence-electron chi connectivity index (χ0n) is 48.5. The Kier molecular flexibility index (Phi) is 19.9. The van der Waals surface area contributed by atoms with E-state index in [1.165, 1.54) is 86.5 Å². The van der Waals surface area contributed by atoms with Gasteiger partial charge in [-0.3, -0.25) is 14.4 Å². The minimum Gasteiger partial charge on any atom is -0.508 e. The molecule has 31 heteroatoms. The Hall–Kier alpha value is -13.1. The smallest absolute Gasteiger partial charge is 0.280 e. The van der Waals surface area contributed by atoms with Crippen molar-refractivity contribution in [2.75, 3.05) is 0 Å². The second kappa shape index (κ2) is 28.8. The van der Waals surface area contributed by atoms with E-state index in [0.717, 1.165) is 55.4 Å². The second-order valence-corrected chi connectivity index (χ2v) is 20.3. The fraction of sp³-hybridized carbons (Fsp3) is 0.0455. The third-order valence-electron chi connectivity index (χ3n) is 13.7. The van der Waals surface area contributed by atoms with Crippen LogP contribution in [0.25, 0.3) is 44.1 Å². The number of nitrogens with zero attached hydrogens (tertiary/aromatic N) is 11. The summed E-state index contributed by atoms with van der Waals surface area (Å²) in [5, 5.41) is 40.1. The monoisotopic (exact) mass is 1340 g/mol. The highest BCUT2D eigenvalue weighted by Crippen LogP contribution is 2.31. The number of phenols is 1. The van der Waals surface area contributed by atoms with E-state index < -0.39 is 97.9 Å². The van der Waals surface area contributed by atoms with Gasteiger partial charge in [0.1, 0.15) is 104 Å². The van der Waals surface area contributed by atoms with Crippen LogP contribution in [0.15, 0.2) is 179 Å². The third-order valence-corrected chi connectivity index (χ3v) is 13.7. The zero-order valence-corrected chi connectivity index (χ0v) is 48.5. The van der Waals surface area contributed by atoms with E-state index in [4.69, 9.17) is 20.0 Å². The lowest BCUT2D eigenvalue weighted by atomic mass is 10.1. The van der Waals surface area contributed by atoms with Crippen LogP contribution in [-0.2, 0) is 19.6 Å². The third kappa shape index (κ3) is 16.1. The predicted molar refractivity (Wildman–Crippen MR) is 318 cm³/mol. The normalized spacial score (nSPS) is 10.8. The molecule has 0 aliphatic carbocycles. The maximum Gasteiger partial charge on any atom is 0.280 e. The molecule has 0 aliphatic rings. The molecule has 13 aromatic rings. The number of aromatic hydroxyl groups is 1. The van der Waals surface area contributed by atoms with E-state index in [1.54, 1.807) is 6.07 Å². The Morgan fingerprint density at radius 2 is 0.753 bits per heavy atom. The molecule has 0 atom stereocenters. The first kappa shape index (κ1) is 66.8. The predicted octanol–water partition coefficient (Wildman–Crippen LogP) is 13.0. The molecular formula is C66H35F13N12O6. The van der Waals surface area contributed by atoms with Gasteiger partial charge in [0.15, 0.2) is 0 Å². The van der Waals surface area contributed by atoms with Crippen molar-refractivity contribution in [2.24, 2.45) is 0 Å². The van der Waals surface area contributed by atoms with Gasteiger partial charge in [0.05, 0.1) is 94.6 Å². The van der Waals surface area contributed by atoms with E-state index in [2.05, 4.69) is 35.6 Å². The van der Waals surface area contributed by atoms with Crippen LogP contribution >= 0.6 is 0 Å². The summed E-state index contributed by atoms with van der Waals surface area (Å²) < 4.78 is 190. The topological polar surface area (TPSA) is 245 Å². The summed E-state index contributed by atoms with van der Waals surface area (Å²) in [6.45, 7) is -0.941. The van der Waals surface area contributed by atoms with Crippen LogP contribution in [0, 0.1) is 98.3 Å². The van der Waals surface area contributed by atoms with E-state index in [-0.39, 0.29) is 92.6 Å². The van der Waals surface area contributed by atoms with Crippen molar-refractivity contribution in [3.8, 4) is 52.3 Å². The molecule has 0 bridgehead atoms. The van der Waals surface area contributed by atoms with Gasteiger partial charge in [-0.1, -0.05) is 0 Å². The molecular weight excluding hydrogens is 1300 g/mol. The lowest BCUT2D eigenvalue weighted by molar-refractivity contribution is 0.475. The first-order valence-corrected chi connectivity index (χ1v) is 27.4. The summed E-state index contributed by atoms with van der Waals surface area (Å²) in [5.41, 5.74) is -1.59. The Morgan fingerprint density at radius 3 is 1.14 bits per heavy atom. The van der Waals surface area contributed by atoms with E-state index in [1.807, 2.05) is 6.07 Å². The lowest BCUT2D eigenvalue weighted by Gasteiger charge is -2.13. The number of phenolic OH excluding ortho intramolecular Hbond substituents is 1. The molecule has 0 fully saturated rings. The molecule has 0 spiro atoms. The van der Waals surface area contributed by atoms with Crippen molar-refractivity contribution >= 4 is 32.7 Å². The molecule has 2 N–H and O–H groups in total. The molecule has 0 radical (unpaired) electrons. The number of hydrogen-bond donors (Lipinski definition) is 2. The molecule has 13 rings (SSSR count). The highest BCUT2D eigenvalue weighted by Gasteiger charge is 2.19. The number of hydrogen-bond acceptors (Lipinski definition) is 14. The van der Waals surface area contributed by atoms with Crippen molar-refractivity contribution in [1.29, 1.82) is 10.5 Å². The summed E-state index contributed by atoms with van der Waals surface area (Å²) in [5.74, 6) is -11.6. The highest BCUT2D eigenvalue weighted by atomic mass is 19.2. The van der Waals surface area contributed by atoms with Crippen molar-refractivity contribution in [2.45, 2.75) is 19.6 Å². The minimum absolute atomic E-state index is 0.00231. The van der Waals surface area contributed by atoms with E-state index in [9.17, 15) is 76.6 Å². The van der Waals surface area contributed by atoms with Crippen LogP contribution in [-0.4, -0.2) is 54.4 Å². The van der Waals surface area contributed by atoms with E-state index in [0.29, 0.717) is 58.5 Å². The molecule has 0 saturated carbocycles. The quantitative estimate of drug-likeness (QED) is 0.114. The lowest BCUT2D eigenvalue weighted by Crippen LogP contribution is -2.14. The van der Waals surface area contributed by atoms with Crippen LogP contribution in [0.5, 0.6) is 28.7 Å². The summed E-state index contributed by atoms with van der Waals surface area (Å²) in [7, 11) is 0. The number of aromatic nitrogens is 10. The number of nitrogens with one attached hydrogen (secondary N) is 1. The number of tetrazole rings is 1. The maximum atomic E-state index is 14.1. The number of rotatable bonds is 11. The maximum absolute atomic E-state index is 14.1. The van der Waals surface area contributed by atoms with Crippen LogP contribution in [0.4, 0.5) is 57.1 Å². The highest BCUT2D eigenvalue weighted by molar-refractivity contribution is 5.81. The van der Waals surface area contributed by atoms with Gasteiger partial charge in [-0.15, -0.1) is 10.2 Å². The Balaban J connectivity index is 0.000000150. The number of halogens is 13. The summed E-state index contributed by atoms with van der Waals surface area (Å²) in [4.78, 5) is 47.3. The molecule has 0 unspecified atom stereocenters. The number of H-pyrrole nitrogens is 1. The molecule has 486 valence electrons. The molecule has 0 amide bonds. The van der Waals surface area contributed by atoms with Crippen LogP contribution in [0.3, 0.4) is 0 Å². The first-order chi connectivity index (χ1) is 46.4. The summed E-state index contributed by atoms with van der Waals surface area (Å²) >= 11 is 0. The van der Waals surface area contributed by atoms with Crippen LogP contribution < -0.4 is 26.2 Å². The molecule has 0 saturated heterocycles. The van der Waals surface area contributed by atoms with Crippen molar-refractivity contribution in [3.05, 3.63) is 299 Å². The number of nitriles is 2. The fourth-order valence-electron chi connectivity index (χ4n) is 9.38. The summed E-state index contributed by atoms with van der Waals surface area (Å²) in [6.07, 6.45) is 3.40. The molecule has 18 nitrogen and oxygen atoms in total. The van der Waals surface area contributed by atoms with Crippen molar-refractivity contribution in [3.63, 3.8) is 0 Å². The minimum atomic E-state index is -1.07. The van der Waals surface area contributed by atoms with Crippen LogP contribution in [0.2, 0.25) is 0 Å². The summed E-state index contributed by atoms with van der Waals surface area (Å²) in [6, 6.07) is 29.5. The zero-order chi connectivity index (χ0) is 69.4. The number of benzene rings is 9. The van der Waals surface area contributed by atoms with Gasteiger partial charge < -0.3 is 28.3 Å². The number of ether oxygens (including phenoxy) is 2. The van der Waals surface area contributed by atoms with Gasteiger partial charge in [-0.05, 0) is 96.2 Å². The fourth-order valence-corrected chi connectivity index (χ4v) is 9.38. The van der Waals surface area contributed by atoms with Crippen molar-refractivity contribution < 1.29 is 71.7 Å². The van der Waals surface area contributed by atoms with Gasteiger partial charge in [-0.25, -0.2) is 57.1 Å².